The standard InChI is InChI=1S/C23H16F3N3O4/c1-12-20-15(21(30)27-10-13-6-7-18-19(8-13)32-11-31-18)9-17(28-22(20)33-29-12)14-4-2-3-5-16(14)23(24,25)26/h2-9H,10-11H2,1H3,(H,27,30). The number of amides is 1. The molecule has 10 heteroatoms. The van der Waals surface area contributed by atoms with Crippen molar-refractivity contribution < 1.29 is 32.0 Å². The Balaban J connectivity index is 1.51. The Morgan fingerprint density at radius 3 is 2.70 bits per heavy atom. The summed E-state index contributed by atoms with van der Waals surface area (Å²) in [5.74, 6) is 0.695. The molecule has 7 nitrogen and oxygen atoms in total. The first kappa shape index (κ1) is 20.8. The van der Waals surface area contributed by atoms with Crippen molar-refractivity contribution in [2.45, 2.75) is 19.6 Å². The summed E-state index contributed by atoms with van der Waals surface area (Å²) in [7, 11) is 0. The number of rotatable bonds is 4. The molecule has 0 bridgehead atoms. The lowest BCUT2D eigenvalue weighted by Crippen LogP contribution is -2.23. The van der Waals surface area contributed by atoms with Crippen LogP contribution in [0.25, 0.3) is 22.4 Å². The average molecular weight is 455 g/mol. The van der Waals surface area contributed by atoms with Crippen molar-refractivity contribution in [2.24, 2.45) is 0 Å². The number of aromatic nitrogens is 2. The monoisotopic (exact) mass is 455 g/mol. The topological polar surface area (TPSA) is 86.5 Å². The van der Waals surface area contributed by atoms with Crippen LogP contribution in [0.15, 0.2) is 53.1 Å². The van der Waals surface area contributed by atoms with Gasteiger partial charge in [-0.1, -0.05) is 29.4 Å². The minimum absolute atomic E-state index is 0.0183. The predicted octanol–water partition coefficient (Wildman–Crippen LogP) is 4.88. The van der Waals surface area contributed by atoms with E-state index in [1.165, 1.54) is 24.3 Å². The van der Waals surface area contributed by atoms with E-state index in [9.17, 15) is 18.0 Å². The van der Waals surface area contributed by atoms with Gasteiger partial charge in [0.15, 0.2) is 11.5 Å². The molecular weight excluding hydrogens is 439 g/mol. The Morgan fingerprint density at radius 2 is 1.88 bits per heavy atom. The van der Waals surface area contributed by atoms with Gasteiger partial charge in [-0.3, -0.25) is 4.79 Å². The van der Waals surface area contributed by atoms with Gasteiger partial charge in [-0.15, -0.1) is 0 Å². The molecule has 0 fully saturated rings. The lowest BCUT2D eigenvalue weighted by Gasteiger charge is -2.13. The maximum Gasteiger partial charge on any atom is 0.417 e. The molecule has 1 amide bonds. The number of benzene rings is 2. The second-order valence-electron chi connectivity index (χ2n) is 7.42. The molecule has 0 atom stereocenters. The molecule has 168 valence electrons. The molecule has 1 aliphatic heterocycles. The summed E-state index contributed by atoms with van der Waals surface area (Å²) in [6, 6.07) is 11.6. The van der Waals surface area contributed by atoms with Gasteiger partial charge < -0.3 is 19.3 Å². The van der Waals surface area contributed by atoms with Crippen LogP contribution in [0.1, 0.15) is 27.2 Å². The molecule has 1 aliphatic rings. The number of nitrogens with one attached hydrogen (secondary N) is 1. The highest BCUT2D eigenvalue weighted by atomic mass is 19.4. The molecule has 33 heavy (non-hydrogen) atoms. The first-order valence-corrected chi connectivity index (χ1v) is 9.91. The fourth-order valence-electron chi connectivity index (χ4n) is 3.69. The largest absolute Gasteiger partial charge is 0.454 e. The zero-order valence-electron chi connectivity index (χ0n) is 17.2. The zero-order chi connectivity index (χ0) is 23.2. The van der Waals surface area contributed by atoms with Gasteiger partial charge in [-0.2, -0.15) is 13.2 Å². The third-order valence-electron chi connectivity index (χ3n) is 5.26. The Labute approximate surface area is 185 Å². The van der Waals surface area contributed by atoms with E-state index in [-0.39, 0.29) is 35.9 Å². The summed E-state index contributed by atoms with van der Waals surface area (Å²) < 4.78 is 56.5. The van der Waals surface area contributed by atoms with Crippen LogP contribution < -0.4 is 14.8 Å². The summed E-state index contributed by atoms with van der Waals surface area (Å²) in [6.07, 6.45) is -4.59. The Hall–Kier alpha value is -4.08. The Morgan fingerprint density at radius 1 is 1.09 bits per heavy atom. The zero-order valence-corrected chi connectivity index (χ0v) is 17.2. The SMILES string of the molecule is Cc1noc2nc(-c3ccccc3C(F)(F)F)cc(C(=O)NCc3ccc4c(c3)OCO4)c12. The molecule has 4 aromatic rings. The number of carbonyl (C=O) groups is 1. The molecule has 0 unspecified atom stereocenters. The molecule has 0 saturated heterocycles. The number of hydrogen-bond acceptors (Lipinski definition) is 6. The Kier molecular flexibility index (Phi) is 4.92. The van der Waals surface area contributed by atoms with Crippen LogP contribution in [0.2, 0.25) is 0 Å². The van der Waals surface area contributed by atoms with Gasteiger partial charge >= 0.3 is 6.18 Å². The van der Waals surface area contributed by atoms with Crippen LogP contribution in [0.4, 0.5) is 13.2 Å². The van der Waals surface area contributed by atoms with Crippen LogP contribution in [-0.4, -0.2) is 22.8 Å². The van der Waals surface area contributed by atoms with Gasteiger partial charge in [-0.05, 0) is 36.8 Å². The van der Waals surface area contributed by atoms with E-state index < -0.39 is 17.6 Å². The number of pyridine rings is 1. The summed E-state index contributed by atoms with van der Waals surface area (Å²) in [5, 5.41) is 6.96. The van der Waals surface area contributed by atoms with E-state index in [4.69, 9.17) is 14.0 Å². The third kappa shape index (κ3) is 3.84. The fourth-order valence-corrected chi connectivity index (χ4v) is 3.69. The molecule has 3 heterocycles. The number of halogens is 3. The molecule has 2 aromatic carbocycles. The van der Waals surface area contributed by atoms with E-state index in [1.807, 2.05) is 0 Å². The first-order chi connectivity index (χ1) is 15.8. The average Bonchev–Trinajstić information content (AvgIpc) is 3.42. The molecule has 5 rings (SSSR count). The lowest BCUT2D eigenvalue weighted by molar-refractivity contribution is -0.137. The molecular formula is C23H16F3N3O4. The first-order valence-electron chi connectivity index (χ1n) is 9.91. The summed E-state index contributed by atoms with van der Waals surface area (Å²) in [5.41, 5.74) is 0.205. The summed E-state index contributed by atoms with van der Waals surface area (Å²) >= 11 is 0. The van der Waals surface area contributed by atoms with Crippen molar-refractivity contribution in [3.63, 3.8) is 0 Å². The van der Waals surface area contributed by atoms with Gasteiger partial charge in [0.05, 0.1) is 27.9 Å². The predicted molar refractivity (Wildman–Crippen MR) is 111 cm³/mol. The number of hydrogen-bond donors (Lipinski definition) is 1. The van der Waals surface area contributed by atoms with Crippen molar-refractivity contribution in [1.29, 1.82) is 0 Å². The van der Waals surface area contributed by atoms with E-state index in [0.29, 0.717) is 22.6 Å². The molecule has 0 spiro atoms. The second-order valence-corrected chi connectivity index (χ2v) is 7.42. The van der Waals surface area contributed by atoms with Crippen LogP contribution >= 0.6 is 0 Å². The Bertz CT molecular complexity index is 1380. The van der Waals surface area contributed by atoms with Gasteiger partial charge in [-0.25, -0.2) is 4.98 Å². The summed E-state index contributed by atoms with van der Waals surface area (Å²) in [6.45, 7) is 1.93. The normalized spacial score (nSPS) is 12.8. The van der Waals surface area contributed by atoms with Crippen LogP contribution in [0, 0.1) is 6.92 Å². The van der Waals surface area contributed by atoms with Crippen molar-refractivity contribution >= 4 is 17.0 Å². The number of aryl methyl sites for hydroxylation is 1. The number of carbonyl (C=O) groups excluding carboxylic acids is 1. The summed E-state index contributed by atoms with van der Waals surface area (Å²) in [4.78, 5) is 17.3. The minimum Gasteiger partial charge on any atom is -0.454 e. The molecule has 0 radical (unpaired) electrons. The number of ether oxygens (including phenoxy) is 2. The van der Waals surface area contributed by atoms with E-state index in [2.05, 4.69) is 15.5 Å². The highest BCUT2D eigenvalue weighted by Crippen LogP contribution is 2.38. The number of nitrogens with zero attached hydrogens (tertiary/aromatic N) is 2. The molecule has 2 aromatic heterocycles. The van der Waals surface area contributed by atoms with Crippen LogP contribution in [0.5, 0.6) is 11.5 Å². The van der Waals surface area contributed by atoms with Crippen molar-refractivity contribution in [3.05, 3.63) is 70.9 Å². The highest BCUT2D eigenvalue weighted by Gasteiger charge is 2.34. The van der Waals surface area contributed by atoms with Crippen LogP contribution in [-0.2, 0) is 12.7 Å². The smallest absolute Gasteiger partial charge is 0.417 e. The fraction of sp³-hybridized carbons (Fsp3) is 0.174. The molecule has 0 aliphatic carbocycles. The van der Waals surface area contributed by atoms with Gasteiger partial charge in [0.25, 0.3) is 11.6 Å². The van der Waals surface area contributed by atoms with Gasteiger partial charge in [0.1, 0.15) is 0 Å². The van der Waals surface area contributed by atoms with E-state index >= 15 is 0 Å². The quantitative estimate of drug-likeness (QED) is 0.472. The van der Waals surface area contributed by atoms with Crippen LogP contribution in [0.3, 0.4) is 0 Å². The molecule has 1 N–H and O–H groups in total. The van der Waals surface area contributed by atoms with Crippen molar-refractivity contribution in [1.82, 2.24) is 15.5 Å². The van der Waals surface area contributed by atoms with Crippen molar-refractivity contribution in [2.75, 3.05) is 6.79 Å². The minimum atomic E-state index is -4.59. The second kappa shape index (κ2) is 7.80. The lowest BCUT2D eigenvalue weighted by atomic mass is 10.0. The maximum absolute atomic E-state index is 13.6. The number of fused-ring (bicyclic) bond motifs is 2. The van der Waals surface area contributed by atoms with E-state index in [0.717, 1.165) is 11.6 Å². The van der Waals surface area contributed by atoms with Crippen molar-refractivity contribution in [3.8, 4) is 22.8 Å². The molecule has 0 saturated carbocycles. The number of alkyl halides is 3. The van der Waals surface area contributed by atoms with Gasteiger partial charge in [0.2, 0.25) is 6.79 Å². The highest BCUT2D eigenvalue weighted by molar-refractivity contribution is 6.07. The van der Waals surface area contributed by atoms with Gasteiger partial charge in [0, 0.05) is 12.1 Å². The van der Waals surface area contributed by atoms with E-state index in [1.54, 1.807) is 25.1 Å². The maximum atomic E-state index is 13.6. The third-order valence-corrected chi connectivity index (χ3v) is 5.26.